The van der Waals surface area contributed by atoms with Gasteiger partial charge in [0.2, 0.25) is 0 Å². The number of para-hydroxylation sites is 1. The monoisotopic (exact) mass is 340 g/mol. The number of aliphatic carboxylic acids is 1. The van der Waals surface area contributed by atoms with E-state index in [1.165, 1.54) is 0 Å². The maximum Gasteiger partial charge on any atom is 0.345 e. The van der Waals surface area contributed by atoms with Crippen LogP contribution < -0.4 is 9.47 Å². The fraction of sp³-hybridized carbons (Fsp3) is 0.188. The van der Waals surface area contributed by atoms with Crippen LogP contribution >= 0.6 is 23.2 Å². The van der Waals surface area contributed by atoms with Gasteiger partial charge in [-0.3, -0.25) is 0 Å². The Kier molecular flexibility index (Phi) is 5.92. The molecule has 6 heteroatoms. The summed E-state index contributed by atoms with van der Waals surface area (Å²) >= 11 is 11.8. The molecule has 1 unspecified atom stereocenters. The molecule has 0 bridgehead atoms. The van der Waals surface area contributed by atoms with Crippen LogP contribution in [-0.2, 0) is 4.79 Å². The van der Waals surface area contributed by atoms with E-state index in [0.29, 0.717) is 21.5 Å². The average molecular weight is 341 g/mol. The Bertz CT molecular complexity index is 631. The van der Waals surface area contributed by atoms with Crippen molar-refractivity contribution in [2.24, 2.45) is 0 Å². The van der Waals surface area contributed by atoms with Gasteiger partial charge in [0.25, 0.3) is 0 Å². The van der Waals surface area contributed by atoms with E-state index < -0.39 is 12.1 Å². The molecule has 0 radical (unpaired) electrons. The quantitative estimate of drug-likeness (QED) is 0.816. The van der Waals surface area contributed by atoms with Crippen LogP contribution in [0.5, 0.6) is 11.5 Å². The van der Waals surface area contributed by atoms with Gasteiger partial charge in [0.05, 0.1) is 11.6 Å². The van der Waals surface area contributed by atoms with Crippen molar-refractivity contribution < 1.29 is 19.4 Å². The number of carboxylic acids is 1. The van der Waals surface area contributed by atoms with Crippen molar-refractivity contribution >= 4 is 29.2 Å². The van der Waals surface area contributed by atoms with E-state index in [-0.39, 0.29) is 13.0 Å². The highest BCUT2D eigenvalue weighted by atomic mass is 35.5. The number of ether oxygens (including phenoxy) is 2. The molecule has 2 rings (SSSR count). The molecule has 0 saturated carbocycles. The van der Waals surface area contributed by atoms with Crippen LogP contribution in [0.4, 0.5) is 0 Å². The largest absolute Gasteiger partial charge is 0.492 e. The van der Waals surface area contributed by atoms with Gasteiger partial charge in [-0.05, 0) is 30.3 Å². The highest BCUT2D eigenvalue weighted by molar-refractivity contribution is 6.35. The molecule has 0 spiro atoms. The fourth-order valence-electron chi connectivity index (χ4n) is 1.76. The summed E-state index contributed by atoms with van der Waals surface area (Å²) in [6, 6.07) is 13.6. The topological polar surface area (TPSA) is 55.8 Å². The van der Waals surface area contributed by atoms with E-state index in [0.717, 1.165) is 0 Å². The normalized spacial score (nSPS) is 11.7. The predicted octanol–water partition coefficient (Wildman–Crippen LogP) is 4.29. The lowest BCUT2D eigenvalue weighted by molar-refractivity contribution is -0.145. The van der Waals surface area contributed by atoms with Crippen molar-refractivity contribution in [3.8, 4) is 11.5 Å². The number of hydrogen-bond donors (Lipinski definition) is 1. The molecule has 0 aliphatic carbocycles. The van der Waals surface area contributed by atoms with Crippen LogP contribution in [0.3, 0.4) is 0 Å². The first-order valence-corrected chi connectivity index (χ1v) is 7.34. The molecule has 22 heavy (non-hydrogen) atoms. The molecule has 0 heterocycles. The Morgan fingerprint density at radius 2 is 1.86 bits per heavy atom. The SMILES string of the molecule is O=C(O)C(CCOc1ccc(Cl)cc1Cl)Oc1ccccc1. The minimum atomic E-state index is -1.05. The van der Waals surface area contributed by atoms with Crippen molar-refractivity contribution in [2.75, 3.05) is 6.61 Å². The number of hydrogen-bond acceptors (Lipinski definition) is 3. The van der Waals surface area contributed by atoms with E-state index in [4.69, 9.17) is 32.7 Å². The van der Waals surface area contributed by atoms with Crippen LogP contribution in [0.2, 0.25) is 10.0 Å². The van der Waals surface area contributed by atoms with Crippen LogP contribution in [0, 0.1) is 0 Å². The summed E-state index contributed by atoms with van der Waals surface area (Å²) in [5.41, 5.74) is 0. The first kappa shape index (κ1) is 16.5. The zero-order valence-corrected chi connectivity index (χ0v) is 13.1. The third kappa shape index (κ3) is 4.83. The summed E-state index contributed by atoms with van der Waals surface area (Å²) in [6.45, 7) is 0.158. The lowest BCUT2D eigenvalue weighted by Crippen LogP contribution is -2.29. The Balaban J connectivity index is 1.91. The standard InChI is InChI=1S/C16H14Cl2O4/c17-11-6-7-14(13(18)10-11)21-9-8-15(16(19)20)22-12-4-2-1-3-5-12/h1-7,10,15H,8-9H2,(H,19,20). The second-order valence-corrected chi connectivity index (χ2v) is 5.31. The summed E-state index contributed by atoms with van der Waals surface area (Å²) in [6.07, 6.45) is -0.808. The van der Waals surface area contributed by atoms with Crippen LogP contribution in [0.1, 0.15) is 6.42 Å². The van der Waals surface area contributed by atoms with Gasteiger partial charge >= 0.3 is 5.97 Å². The lowest BCUT2D eigenvalue weighted by atomic mass is 10.2. The molecular weight excluding hydrogens is 327 g/mol. The smallest absolute Gasteiger partial charge is 0.345 e. The highest BCUT2D eigenvalue weighted by Gasteiger charge is 2.19. The second-order valence-electron chi connectivity index (χ2n) is 4.47. The third-order valence-electron chi connectivity index (χ3n) is 2.83. The molecule has 0 aliphatic heterocycles. The molecule has 0 aromatic heterocycles. The summed E-state index contributed by atoms with van der Waals surface area (Å²) < 4.78 is 10.9. The van der Waals surface area contributed by atoms with E-state index >= 15 is 0 Å². The van der Waals surface area contributed by atoms with Crippen LogP contribution in [0.15, 0.2) is 48.5 Å². The number of carboxylic acid groups (broad SMARTS) is 1. The van der Waals surface area contributed by atoms with Gasteiger partial charge in [0.15, 0.2) is 6.10 Å². The number of rotatable bonds is 7. The van der Waals surface area contributed by atoms with Crippen molar-refractivity contribution in [3.05, 3.63) is 58.6 Å². The molecule has 2 aromatic rings. The van der Waals surface area contributed by atoms with Crippen LogP contribution in [-0.4, -0.2) is 23.8 Å². The molecule has 0 saturated heterocycles. The maximum absolute atomic E-state index is 11.2. The van der Waals surface area contributed by atoms with E-state index in [9.17, 15) is 9.90 Å². The summed E-state index contributed by atoms with van der Waals surface area (Å²) in [4.78, 5) is 11.2. The Hall–Kier alpha value is -1.91. The van der Waals surface area contributed by atoms with Crippen LogP contribution in [0.25, 0.3) is 0 Å². The van der Waals surface area contributed by atoms with E-state index in [2.05, 4.69) is 0 Å². The minimum Gasteiger partial charge on any atom is -0.492 e. The summed E-state index contributed by atoms with van der Waals surface area (Å²) in [5.74, 6) is -0.0935. The lowest BCUT2D eigenvalue weighted by Gasteiger charge is -2.16. The number of carbonyl (C=O) groups is 1. The van der Waals surface area contributed by atoms with Gasteiger partial charge in [-0.15, -0.1) is 0 Å². The summed E-state index contributed by atoms with van der Waals surface area (Å²) in [5, 5.41) is 10.1. The average Bonchev–Trinajstić information content (AvgIpc) is 2.49. The predicted molar refractivity (Wildman–Crippen MR) is 85.1 cm³/mol. The highest BCUT2D eigenvalue weighted by Crippen LogP contribution is 2.27. The summed E-state index contributed by atoms with van der Waals surface area (Å²) in [7, 11) is 0. The first-order chi connectivity index (χ1) is 10.6. The molecule has 0 amide bonds. The van der Waals surface area contributed by atoms with Gasteiger partial charge in [-0.1, -0.05) is 41.4 Å². The van der Waals surface area contributed by atoms with Gasteiger partial charge in [0, 0.05) is 11.4 Å². The third-order valence-corrected chi connectivity index (χ3v) is 3.36. The van der Waals surface area contributed by atoms with E-state index in [1.807, 2.05) is 6.07 Å². The molecular formula is C16H14Cl2O4. The molecule has 116 valence electrons. The van der Waals surface area contributed by atoms with E-state index in [1.54, 1.807) is 42.5 Å². The first-order valence-electron chi connectivity index (χ1n) is 6.58. The van der Waals surface area contributed by atoms with Crippen molar-refractivity contribution in [1.82, 2.24) is 0 Å². The van der Waals surface area contributed by atoms with Crippen molar-refractivity contribution in [1.29, 1.82) is 0 Å². The van der Waals surface area contributed by atoms with Crippen molar-refractivity contribution in [2.45, 2.75) is 12.5 Å². The fourth-order valence-corrected chi connectivity index (χ4v) is 2.23. The second kappa shape index (κ2) is 7.92. The van der Waals surface area contributed by atoms with Gasteiger partial charge in [0.1, 0.15) is 11.5 Å². The van der Waals surface area contributed by atoms with Gasteiger partial charge in [-0.2, -0.15) is 0 Å². The van der Waals surface area contributed by atoms with Crippen molar-refractivity contribution in [3.63, 3.8) is 0 Å². The molecule has 0 aliphatic rings. The number of halogens is 2. The minimum absolute atomic E-state index is 0.158. The molecule has 0 fully saturated rings. The Morgan fingerprint density at radius 1 is 1.14 bits per heavy atom. The molecule has 1 atom stereocenters. The molecule has 2 aromatic carbocycles. The maximum atomic E-state index is 11.2. The molecule has 1 N–H and O–H groups in total. The Morgan fingerprint density at radius 3 is 2.50 bits per heavy atom. The van der Waals surface area contributed by atoms with Gasteiger partial charge < -0.3 is 14.6 Å². The number of benzene rings is 2. The van der Waals surface area contributed by atoms with Gasteiger partial charge in [-0.25, -0.2) is 4.79 Å². The zero-order valence-electron chi connectivity index (χ0n) is 11.5. The molecule has 4 nitrogen and oxygen atoms in total. The zero-order chi connectivity index (χ0) is 15.9. The Labute approximate surface area is 138 Å².